The number of rotatable bonds is 5. The van der Waals surface area contributed by atoms with Crippen molar-refractivity contribution >= 4 is 11.6 Å². The average molecular weight is 451 g/mol. The van der Waals surface area contributed by atoms with Gasteiger partial charge in [0, 0.05) is 56.1 Å². The normalized spacial score (nSPS) is 14.3. The molecule has 0 saturated carbocycles. The molecule has 0 radical (unpaired) electrons. The number of amides is 1. The number of hydrogen-bond donors (Lipinski definition) is 0. The molecule has 0 N–H and O–H groups in total. The lowest BCUT2D eigenvalue weighted by atomic mass is 10.2. The molecule has 3 aromatic rings. The number of carbonyl (C=O) groups is 1. The first-order valence-electron chi connectivity index (χ1n) is 10.4. The fraction of sp³-hybridized carbons (Fsp3) is 0.261. The molecule has 2 heterocycles. The van der Waals surface area contributed by atoms with Crippen LogP contribution in [0.15, 0.2) is 59.4 Å². The van der Waals surface area contributed by atoms with Crippen molar-refractivity contribution in [2.45, 2.75) is 13.5 Å². The number of nitro benzene ring substituents is 1. The summed E-state index contributed by atoms with van der Waals surface area (Å²) < 4.78 is 15.2. The van der Waals surface area contributed by atoms with Gasteiger partial charge in [-0.25, -0.2) is 9.07 Å². The van der Waals surface area contributed by atoms with E-state index in [1.807, 2.05) is 4.90 Å². The molecule has 1 saturated heterocycles. The van der Waals surface area contributed by atoms with Gasteiger partial charge in [0.15, 0.2) is 5.69 Å². The Hall–Kier alpha value is -3.92. The second-order valence-corrected chi connectivity index (χ2v) is 7.82. The van der Waals surface area contributed by atoms with Crippen molar-refractivity contribution < 1.29 is 14.1 Å². The van der Waals surface area contributed by atoms with Gasteiger partial charge in [0.25, 0.3) is 11.6 Å². The molecule has 0 aliphatic carbocycles. The van der Waals surface area contributed by atoms with E-state index in [0.29, 0.717) is 44.0 Å². The zero-order valence-electron chi connectivity index (χ0n) is 18.0. The number of nitro groups is 1. The van der Waals surface area contributed by atoms with Crippen molar-refractivity contribution in [1.82, 2.24) is 19.6 Å². The first-order valence-corrected chi connectivity index (χ1v) is 10.4. The summed E-state index contributed by atoms with van der Waals surface area (Å²) in [6, 6.07) is 13.8. The summed E-state index contributed by atoms with van der Waals surface area (Å²) in [5, 5.41) is 15.6. The van der Waals surface area contributed by atoms with E-state index in [2.05, 4.69) is 5.10 Å². The lowest BCUT2D eigenvalue weighted by molar-refractivity contribution is -0.384. The molecule has 2 aromatic carbocycles. The quantitative estimate of drug-likeness (QED) is 0.437. The predicted molar refractivity (Wildman–Crippen MR) is 119 cm³/mol. The molecule has 33 heavy (non-hydrogen) atoms. The summed E-state index contributed by atoms with van der Waals surface area (Å²) in [6.45, 7) is 3.78. The number of aromatic nitrogens is 2. The van der Waals surface area contributed by atoms with Crippen LogP contribution >= 0.6 is 0 Å². The monoisotopic (exact) mass is 451 g/mol. The molecule has 1 aromatic heterocycles. The van der Waals surface area contributed by atoms with E-state index < -0.39 is 16.3 Å². The Labute approximate surface area is 188 Å². The second kappa shape index (κ2) is 9.29. The number of carbonyl (C=O) groups excluding carboxylic acids is 1. The molecular weight excluding hydrogens is 429 g/mol. The molecule has 9 nitrogen and oxygen atoms in total. The Balaban J connectivity index is 1.54. The highest BCUT2D eigenvalue weighted by Gasteiger charge is 2.27. The molecule has 0 atom stereocenters. The highest BCUT2D eigenvalue weighted by molar-refractivity contribution is 5.92. The van der Waals surface area contributed by atoms with Gasteiger partial charge in [-0.3, -0.25) is 24.6 Å². The smallest absolute Gasteiger partial charge is 0.294 e. The van der Waals surface area contributed by atoms with Gasteiger partial charge in [-0.05, 0) is 19.1 Å². The fourth-order valence-corrected chi connectivity index (χ4v) is 3.86. The SMILES string of the molecule is Cc1cc(=O)c(C(=O)N2CCN(Cc3ccccc3F)CC2)nn1-c1ccccc1[N+](=O)[O-]. The molecule has 4 rings (SSSR count). The highest BCUT2D eigenvalue weighted by Crippen LogP contribution is 2.22. The van der Waals surface area contributed by atoms with Crippen LogP contribution in [0, 0.1) is 22.9 Å². The molecule has 0 spiro atoms. The van der Waals surface area contributed by atoms with E-state index in [4.69, 9.17) is 0 Å². The van der Waals surface area contributed by atoms with Gasteiger partial charge in [-0.15, -0.1) is 0 Å². The number of aryl methyl sites for hydroxylation is 1. The van der Waals surface area contributed by atoms with Crippen LogP contribution < -0.4 is 5.43 Å². The number of para-hydroxylation sites is 2. The van der Waals surface area contributed by atoms with Crippen LogP contribution in [0.2, 0.25) is 0 Å². The standard InChI is InChI=1S/C23H22FN5O4/c1-16-14-21(30)22(25-28(16)19-8-4-5-9-20(19)29(32)33)23(31)27-12-10-26(11-13-27)15-17-6-2-3-7-18(17)24/h2-9,14H,10-13,15H2,1H3. The molecule has 0 bridgehead atoms. The maximum Gasteiger partial charge on any atom is 0.294 e. The number of nitrogens with zero attached hydrogens (tertiary/aromatic N) is 5. The van der Waals surface area contributed by atoms with Crippen molar-refractivity contribution in [2.75, 3.05) is 26.2 Å². The van der Waals surface area contributed by atoms with Crippen LogP contribution in [-0.2, 0) is 6.54 Å². The molecule has 0 unspecified atom stereocenters. The number of halogens is 1. The van der Waals surface area contributed by atoms with E-state index in [1.165, 1.54) is 39.9 Å². The summed E-state index contributed by atoms with van der Waals surface area (Å²) in [7, 11) is 0. The minimum Gasteiger partial charge on any atom is -0.335 e. The summed E-state index contributed by atoms with van der Waals surface area (Å²) in [5.41, 5.74) is 0.119. The topological polar surface area (TPSA) is 102 Å². The lowest BCUT2D eigenvalue weighted by Crippen LogP contribution is -2.49. The minimum atomic E-state index is -0.541. The summed E-state index contributed by atoms with van der Waals surface area (Å²) >= 11 is 0. The number of piperazine rings is 1. The van der Waals surface area contributed by atoms with E-state index in [0.717, 1.165) is 0 Å². The van der Waals surface area contributed by atoms with Gasteiger partial charge < -0.3 is 4.90 Å². The zero-order chi connectivity index (χ0) is 23.5. The Morgan fingerprint density at radius 3 is 2.45 bits per heavy atom. The first-order chi connectivity index (χ1) is 15.8. The second-order valence-electron chi connectivity index (χ2n) is 7.82. The third-order valence-electron chi connectivity index (χ3n) is 5.63. The lowest BCUT2D eigenvalue weighted by Gasteiger charge is -2.34. The van der Waals surface area contributed by atoms with Crippen LogP contribution in [0.25, 0.3) is 5.69 Å². The van der Waals surface area contributed by atoms with E-state index >= 15 is 0 Å². The number of benzene rings is 2. The zero-order valence-corrected chi connectivity index (χ0v) is 18.0. The maximum atomic E-state index is 13.9. The van der Waals surface area contributed by atoms with Gasteiger partial charge in [0.1, 0.15) is 11.5 Å². The third-order valence-corrected chi connectivity index (χ3v) is 5.63. The van der Waals surface area contributed by atoms with Crippen molar-refractivity contribution in [3.63, 3.8) is 0 Å². The first kappa shape index (κ1) is 22.3. The summed E-state index contributed by atoms with van der Waals surface area (Å²) in [6.07, 6.45) is 0. The third kappa shape index (κ3) is 4.65. The van der Waals surface area contributed by atoms with Gasteiger partial charge in [-0.2, -0.15) is 5.10 Å². The van der Waals surface area contributed by atoms with Gasteiger partial charge in [0.2, 0.25) is 5.43 Å². The highest BCUT2D eigenvalue weighted by atomic mass is 19.1. The summed E-state index contributed by atoms with van der Waals surface area (Å²) in [4.78, 5) is 40.1. The van der Waals surface area contributed by atoms with Crippen LogP contribution in [0.4, 0.5) is 10.1 Å². The predicted octanol–water partition coefficient (Wildman–Crippen LogP) is 2.55. The van der Waals surface area contributed by atoms with Crippen LogP contribution in [0.5, 0.6) is 0 Å². The van der Waals surface area contributed by atoms with Gasteiger partial charge in [0.05, 0.1) is 4.92 Å². The molecule has 170 valence electrons. The van der Waals surface area contributed by atoms with Crippen molar-refractivity contribution in [3.8, 4) is 5.69 Å². The average Bonchev–Trinajstić information content (AvgIpc) is 2.81. The van der Waals surface area contributed by atoms with Crippen LogP contribution in [0.1, 0.15) is 21.7 Å². The van der Waals surface area contributed by atoms with Gasteiger partial charge in [-0.1, -0.05) is 30.3 Å². The molecule has 10 heteroatoms. The summed E-state index contributed by atoms with van der Waals surface area (Å²) in [5.74, 6) is -0.798. The molecular formula is C23H22FN5O4. The Bertz CT molecular complexity index is 1270. The van der Waals surface area contributed by atoms with Crippen molar-refractivity contribution in [2.24, 2.45) is 0 Å². The molecule has 1 aliphatic rings. The van der Waals surface area contributed by atoms with E-state index in [1.54, 1.807) is 31.2 Å². The molecule has 1 aliphatic heterocycles. The van der Waals surface area contributed by atoms with Crippen LogP contribution in [0.3, 0.4) is 0 Å². The maximum absolute atomic E-state index is 13.9. The Morgan fingerprint density at radius 1 is 1.09 bits per heavy atom. The van der Waals surface area contributed by atoms with Crippen molar-refractivity contribution in [3.05, 3.63) is 97.7 Å². The van der Waals surface area contributed by atoms with Crippen LogP contribution in [-0.4, -0.2) is 56.6 Å². The number of hydrogen-bond acceptors (Lipinski definition) is 6. The molecule has 1 fully saturated rings. The fourth-order valence-electron chi connectivity index (χ4n) is 3.86. The largest absolute Gasteiger partial charge is 0.335 e. The minimum absolute atomic E-state index is 0.170. The van der Waals surface area contributed by atoms with Gasteiger partial charge >= 0.3 is 0 Å². The molecule has 1 amide bonds. The van der Waals surface area contributed by atoms with E-state index in [-0.39, 0.29) is 22.9 Å². The van der Waals surface area contributed by atoms with E-state index in [9.17, 15) is 24.1 Å². The Kier molecular flexibility index (Phi) is 6.27. The van der Waals surface area contributed by atoms with Crippen molar-refractivity contribution in [1.29, 1.82) is 0 Å². The Morgan fingerprint density at radius 2 is 1.76 bits per heavy atom.